The zero-order valence-electron chi connectivity index (χ0n) is 12.1. The lowest BCUT2D eigenvalue weighted by atomic mass is 10.1. The molecule has 0 aliphatic rings. The van der Waals surface area contributed by atoms with Gasteiger partial charge in [-0.2, -0.15) is 4.98 Å². The van der Waals surface area contributed by atoms with Gasteiger partial charge in [-0.1, -0.05) is 41.7 Å². The minimum atomic E-state index is -0.0252. The van der Waals surface area contributed by atoms with Crippen LogP contribution in [0.25, 0.3) is 22.7 Å². The van der Waals surface area contributed by atoms with Gasteiger partial charge in [0.25, 0.3) is 0 Å². The van der Waals surface area contributed by atoms with Gasteiger partial charge < -0.3 is 4.42 Å². The Morgan fingerprint density at radius 3 is 2.70 bits per heavy atom. The molecule has 3 aromatic rings. The summed E-state index contributed by atoms with van der Waals surface area (Å²) in [6.45, 7) is 1.94. The zero-order valence-corrected chi connectivity index (χ0v) is 14.3. The van der Waals surface area contributed by atoms with Crippen LogP contribution in [0.4, 0.5) is 0 Å². The van der Waals surface area contributed by atoms with E-state index in [-0.39, 0.29) is 11.7 Å². The number of fused-ring (bicyclic) bond motifs is 1. The topological polar surface area (TPSA) is 56.0 Å². The fraction of sp³-hybridized carbons (Fsp3) is 0.188. The molecule has 7 heteroatoms. The summed E-state index contributed by atoms with van der Waals surface area (Å²) < 4.78 is 5.65. The number of aromatic nitrogens is 2. The average Bonchev–Trinajstić information content (AvgIpc) is 2.93. The standard InChI is InChI=1S/C16H11Cl3N2O2/c1-2-3-12(22)11-4-5-13-15(20-11)21-16(23-13)9-6-8(17)7-10(18)14(9)19/h4-7H,2-3H2,1H3. The highest BCUT2D eigenvalue weighted by molar-refractivity contribution is 6.44. The fourth-order valence-corrected chi connectivity index (χ4v) is 2.84. The van der Waals surface area contributed by atoms with Crippen molar-refractivity contribution in [1.82, 2.24) is 9.97 Å². The van der Waals surface area contributed by atoms with E-state index in [1.807, 2.05) is 6.92 Å². The van der Waals surface area contributed by atoms with Crippen molar-refractivity contribution in [3.05, 3.63) is 45.0 Å². The summed E-state index contributed by atoms with van der Waals surface area (Å²) in [4.78, 5) is 20.5. The van der Waals surface area contributed by atoms with Crippen LogP contribution in [0.3, 0.4) is 0 Å². The molecule has 0 saturated carbocycles. The molecular weight excluding hydrogens is 359 g/mol. The van der Waals surface area contributed by atoms with Crippen molar-refractivity contribution in [2.45, 2.75) is 19.8 Å². The maximum atomic E-state index is 11.9. The van der Waals surface area contributed by atoms with Gasteiger partial charge in [0.2, 0.25) is 5.89 Å². The van der Waals surface area contributed by atoms with Crippen molar-refractivity contribution in [1.29, 1.82) is 0 Å². The zero-order chi connectivity index (χ0) is 16.6. The molecule has 0 saturated heterocycles. The van der Waals surface area contributed by atoms with E-state index in [0.717, 1.165) is 6.42 Å². The molecule has 0 fully saturated rings. The van der Waals surface area contributed by atoms with E-state index in [2.05, 4.69) is 9.97 Å². The number of rotatable bonds is 4. The Morgan fingerprint density at radius 1 is 1.17 bits per heavy atom. The van der Waals surface area contributed by atoms with Crippen LogP contribution in [-0.4, -0.2) is 15.8 Å². The fourth-order valence-electron chi connectivity index (χ4n) is 2.16. The second kappa shape index (κ2) is 6.48. The number of pyridine rings is 1. The molecule has 23 heavy (non-hydrogen) atoms. The minimum absolute atomic E-state index is 0.0252. The third-order valence-electron chi connectivity index (χ3n) is 3.24. The highest BCUT2D eigenvalue weighted by Gasteiger charge is 2.17. The summed E-state index contributed by atoms with van der Waals surface area (Å²) in [6.07, 6.45) is 1.21. The maximum Gasteiger partial charge on any atom is 0.230 e. The van der Waals surface area contributed by atoms with Gasteiger partial charge in [0.1, 0.15) is 5.69 Å². The SMILES string of the molecule is CCCC(=O)c1ccc2oc(-c3cc(Cl)cc(Cl)c3Cl)nc2n1. The molecule has 0 aliphatic carbocycles. The van der Waals surface area contributed by atoms with Crippen molar-refractivity contribution in [2.75, 3.05) is 0 Å². The predicted octanol–water partition coefficient (Wildman–Crippen LogP) is 5.83. The van der Waals surface area contributed by atoms with Gasteiger partial charge in [0.05, 0.1) is 15.6 Å². The average molecular weight is 370 g/mol. The van der Waals surface area contributed by atoms with Gasteiger partial charge in [-0.05, 0) is 30.7 Å². The molecule has 4 nitrogen and oxygen atoms in total. The summed E-state index contributed by atoms with van der Waals surface area (Å²) in [5.41, 5.74) is 1.65. The van der Waals surface area contributed by atoms with E-state index in [9.17, 15) is 4.79 Å². The number of Topliss-reactive ketones (excluding diaryl/α,β-unsaturated/α-hetero) is 1. The van der Waals surface area contributed by atoms with E-state index in [1.54, 1.807) is 18.2 Å². The Kier molecular flexibility index (Phi) is 4.57. The Bertz CT molecular complexity index is 906. The molecule has 0 bridgehead atoms. The first-order chi connectivity index (χ1) is 11.0. The van der Waals surface area contributed by atoms with E-state index in [4.69, 9.17) is 39.2 Å². The molecule has 0 radical (unpaired) electrons. The predicted molar refractivity (Wildman–Crippen MR) is 91.5 cm³/mol. The first-order valence-corrected chi connectivity index (χ1v) is 8.08. The lowest BCUT2D eigenvalue weighted by Gasteiger charge is -2.02. The van der Waals surface area contributed by atoms with E-state index in [0.29, 0.717) is 44.0 Å². The highest BCUT2D eigenvalue weighted by Crippen LogP contribution is 2.37. The number of hydrogen-bond donors (Lipinski definition) is 0. The van der Waals surface area contributed by atoms with E-state index < -0.39 is 0 Å². The third-order valence-corrected chi connectivity index (χ3v) is 4.26. The number of carbonyl (C=O) groups is 1. The number of nitrogens with zero attached hydrogens (tertiary/aromatic N) is 2. The number of ketones is 1. The third kappa shape index (κ3) is 3.20. The minimum Gasteiger partial charge on any atom is -0.434 e. The molecule has 0 aliphatic heterocycles. The van der Waals surface area contributed by atoms with Crippen LogP contribution in [0.1, 0.15) is 30.3 Å². The quantitative estimate of drug-likeness (QED) is 0.428. The van der Waals surface area contributed by atoms with Gasteiger partial charge >= 0.3 is 0 Å². The van der Waals surface area contributed by atoms with E-state index >= 15 is 0 Å². The van der Waals surface area contributed by atoms with Crippen molar-refractivity contribution in [2.24, 2.45) is 0 Å². The molecule has 0 N–H and O–H groups in total. The Labute approximate surface area is 147 Å². The number of hydrogen-bond acceptors (Lipinski definition) is 4. The number of carbonyl (C=O) groups excluding carboxylic acids is 1. The van der Waals surface area contributed by atoms with Gasteiger partial charge in [-0.25, -0.2) is 4.98 Å². The van der Waals surface area contributed by atoms with E-state index in [1.165, 1.54) is 6.07 Å². The Balaban J connectivity index is 2.09. The molecule has 0 spiro atoms. The van der Waals surface area contributed by atoms with Crippen LogP contribution in [0.5, 0.6) is 0 Å². The number of benzene rings is 1. The van der Waals surface area contributed by atoms with Crippen LogP contribution in [0, 0.1) is 0 Å². The lowest BCUT2D eigenvalue weighted by molar-refractivity contribution is 0.0977. The second-order valence-corrected chi connectivity index (χ2v) is 6.18. The lowest BCUT2D eigenvalue weighted by Crippen LogP contribution is -2.01. The van der Waals surface area contributed by atoms with Gasteiger partial charge in [-0.15, -0.1) is 0 Å². The van der Waals surface area contributed by atoms with Crippen LogP contribution in [0.2, 0.25) is 15.1 Å². The summed E-state index contributed by atoms with van der Waals surface area (Å²) in [7, 11) is 0. The smallest absolute Gasteiger partial charge is 0.230 e. The molecule has 1 aromatic carbocycles. The molecule has 0 amide bonds. The maximum absolute atomic E-state index is 11.9. The molecule has 2 heterocycles. The Hall–Kier alpha value is -1.62. The van der Waals surface area contributed by atoms with Crippen molar-refractivity contribution in [3.63, 3.8) is 0 Å². The summed E-state index contributed by atoms with van der Waals surface area (Å²) in [6, 6.07) is 6.45. The van der Waals surface area contributed by atoms with Crippen LogP contribution in [-0.2, 0) is 0 Å². The summed E-state index contributed by atoms with van der Waals surface area (Å²) in [5, 5.41) is 1.02. The van der Waals surface area contributed by atoms with Crippen molar-refractivity contribution < 1.29 is 9.21 Å². The molecule has 0 atom stereocenters. The first kappa shape index (κ1) is 16.2. The molecule has 0 unspecified atom stereocenters. The molecule has 118 valence electrons. The first-order valence-electron chi connectivity index (χ1n) is 6.95. The van der Waals surface area contributed by atoms with Gasteiger partial charge in [0, 0.05) is 11.4 Å². The van der Waals surface area contributed by atoms with Crippen molar-refractivity contribution in [3.8, 4) is 11.5 Å². The van der Waals surface area contributed by atoms with Gasteiger partial charge in [0.15, 0.2) is 17.0 Å². The second-order valence-electron chi connectivity index (χ2n) is 4.96. The van der Waals surface area contributed by atoms with Crippen LogP contribution in [0.15, 0.2) is 28.7 Å². The normalized spacial score (nSPS) is 11.1. The highest BCUT2D eigenvalue weighted by atomic mass is 35.5. The number of halogens is 3. The number of oxazole rings is 1. The summed E-state index contributed by atoms with van der Waals surface area (Å²) in [5.74, 6) is 0.227. The molecule has 3 rings (SSSR count). The van der Waals surface area contributed by atoms with Gasteiger partial charge in [-0.3, -0.25) is 4.79 Å². The van der Waals surface area contributed by atoms with Crippen LogP contribution >= 0.6 is 34.8 Å². The largest absolute Gasteiger partial charge is 0.434 e. The monoisotopic (exact) mass is 368 g/mol. The van der Waals surface area contributed by atoms with Crippen molar-refractivity contribution >= 4 is 51.8 Å². The Morgan fingerprint density at radius 2 is 1.96 bits per heavy atom. The molecule has 2 aromatic heterocycles. The summed E-state index contributed by atoms with van der Waals surface area (Å²) >= 11 is 18.2. The molecular formula is C16H11Cl3N2O2. The van der Waals surface area contributed by atoms with Crippen LogP contribution < -0.4 is 0 Å².